The van der Waals surface area contributed by atoms with Gasteiger partial charge in [0.2, 0.25) is 0 Å². The standard InChI is InChI=1S/C30H23NO3/c1-18-14-21-11-13-26(33)29-28(21)25(15-18)31(22-12-10-19-6-3-4-7-20(19)16-22)30(29)23-8-5-9-27(34-2)24(23)17-32/h3-16,32H,17H2,1-2H3. The van der Waals surface area contributed by atoms with Crippen molar-refractivity contribution in [1.82, 2.24) is 4.57 Å². The van der Waals surface area contributed by atoms with Crippen molar-refractivity contribution < 1.29 is 14.6 Å². The van der Waals surface area contributed by atoms with Crippen molar-refractivity contribution in [1.29, 1.82) is 0 Å². The molecule has 34 heavy (non-hydrogen) atoms. The number of methoxy groups -OCH3 is 1. The van der Waals surface area contributed by atoms with E-state index in [1.165, 1.54) is 0 Å². The highest BCUT2D eigenvalue weighted by molar-refractivity contribution is 6.24. The Morgan fingerprint density at radius 1 is 0.912 bits per heavy atom. The number of carbonyl (C=O) groups is 1. The number of aliphatic hydroxyl groups is 1. The van der Waals surface area contributed by atoms with Gasteiger partial charge >= 0.3 is 0 Å². The maximum Gasteiger partial charge on any atom is 0.188 e. The monoisotopic (exact) mass is 445 g/mol. The summed E-state index contributed by atoms with van der Waals surface area (Å²) in [5, 5.41) is 13.5. The molecule has 4 nitrogen and oxygen atoms in total. The van der Waals surface area contributed by atoms with Gasteiger partial charge < -0.3 is 14.4 Å². The third-order valence-corrected chi connectivity index (χ3v) is 6.66. The average Bonchev–Trinajstić information content (AvgIpc) is 3.21. The van der Waals surface area contributed by atoms with E-state index in [9.17, 15) is 9.90 Å². The Morgan fingerprint density at radius 3 is 2.53 bits per heavy atom. The van der Waals surface area contributed by atoms with Gasteiger partial charge in [0.25, 0.3) is 0 Å². The lowest BCUT2D eigenvalue weighted by Crippen LogP contribution is -2.05. The molecule has 1 N–H and O–H groups in total. The smallest absolute Gasteiger partial charge is 0.188 e. The Hall–Kier alpha value is -4.15. The lowest BCUT2D eigenvalue weighted by molar-refractivity contribution is 0.104. The maximum atomic E-state index is 13.4. The Balaban J connectivity index is 1.81. The number of ether oxygens (including phenoxy) is 1. The Bertz CT molecular complexity index is 1660. The summed E-state index contributed by atoms with van der Waals surface area (Å²) in [5.41, 5.74) is 6.95. The maximum absolute atomic E-state index is 13.4. The molecule has 1 aliphatic rings. The highest BCUT2D eigenvalue weighted by atomic mass is 16.5. The van der Waals surface area contributed by atoms with Crippen LogP contribution < -0.4 is 4.74 Å². The molecule has 0 saturated heterocycles. The number of hydrogen-bond donors (Lipinski definition) is 1. The highest BCUT2D eigenvalue weighted by Gasteiger charge is 2.29. The Labute approximate surface area is 197 Å². The predicted molar refractivity (Wildman–Crippen MR) is 137 cm³/mol. The molecule has 1 aromatic heterocycles. The number of aliphatic hydroxyl groups excluding tert-OH is 1. The summed E-state index contributed by atoms with van der Waals surface area (Å²) in [6.45, 7) is 1.87. The largest absolute Gasteiger partial charge is 0.496 e. The van der Waals surface area contributed by atoms with Crippen LogP contribution in [0.25, 0.3) is 44.7 Å². The molecule has 0 spiro atoms. The fourth-order valence-corrected chi connectivity index (χ4v) is 5.20. The molecule has 0 unspecified atom stereocenters. The number of allylic oxidation sites excluding steroid dienone is 1. The van der Waals surface area contributed by atoms with Gasteiger partial charge in [-0.1, -0.05) is 54.6 Å². The van der Waals surface area contributed by atoms with Crippen LogP contribution in [-0.2, 0) is 6.61 Å². The second-order valence-corrected chi connectivity index (χ2v) is 8.68. The zero-order chi connectivity index (χ0) is 23.4. The van der Waals surface area contributed by atoms with Gasteiger partial charge in [0, 0.05) is 22.2 Å². The summed E-state index contributed by atoms with van der Waals surface area (Å²) in [6.07, 6.45) is 3.54. The predicted octanol–water partition coefficient (Wildman–Crippen LogP) is 6.47. The fraction of sp³-hybridized carbons (Fsp3) is 0.100. The molecule has 0 radical (unpaired) electrons. The minimum Gasteiger partial charge on any atom is -0.496 e. The van der Waals surface area contributed by atoms with E-state index < -0.39 is 0 Å². The third-order valence-electron chi connectivity index (χ3n) is 6.66. The van der Waals surface area contributed by atoms with E-state index in [4.69, 9.17) is 4.74 Å². The Morgan fingerprint density at radius 2 is 1.74 bits per heavy atom. The summed E-state index contributed by atoms with van der Waals surface area (Å²) in [7, 11) is 1.59. The van der Waals surface area contributed by atoms with Crippen LogP contribution in [0.5, 0.6) is 5.75 Å². The zero-order valence-electron chi connectivity index (χ0n) is 19.0. The first-order chi connectivity index (χ1) is 16.6. The molecule has 4 heteroatoms. The van der Waals surface area contributed by atoms with Gasteiger partial charge in [-0.3, -0.25) is 4.79 Å². The molecule has 166 valence electrons. The molecule has 1 heterocycles. The number of ketones is 1. The highest BCUT2D eigenvalue weighted by Crippen LogP contribution is 2.44. The second-order valence-electron chi connectivity index (χ2n) is 8.68. The molecule has 1 aliphatic carbocycles. The quantitative estimate of drug-likeness (QED) is 0.345. The Kier molecular flexibility index (Phi) is 4.64. The van der Waals surface area contributed by atoms with E-state index in [-0.39, 0.29) is 12.4 Å². The number of rotatable bonds is 4. The van der Waals surface area contributed by atoms with Crippen LogP contribution in [0.3, 0.4) is 0 Å². The number of hydrogen-bond acceptors (Lipinski definition) is 3. The molecule has 0 amide bonds. The van der Waals surface area contributed by atoms with Gasteiger partial charge in [0.1, 0.15) is 5.75 Å². The lowest BCUT2D eigenvalue weighted by Gasteiger charge is -2.17. The summed E-state index contributed by atoms with van der Waals surface area (Å²) < 4.78 is 7.72. The first-order valence-corrected chi connectivity index (χ1v) is 11.3. The van der Waals surface area contributed by atoms with Crippen LogP contribution in [-0.4, -0.2) is 22.6 Å². The van der Waals surface area contributed by atoms with E-state index in [0.717, 1.165) is 49.7 Å². The number of fused-ring (bicyclic) bond motifs is 1. The van der Waals surface area contributed by atoms with Crippen molar-refractivity contribution in [2.75, 3.05) is 7.11 Å². The van der Waals surface area contributed by atoms with Gasteiger partial charge in [-0.2, -0.15) is 0 Å². The van der Waals surface area contributed by atoms with Gasteiger partial charge in [-0.05, 0) is 59.2 Å². The van der Waals surface area contributed by atoms with Crippen LogP contribution in [0.4, 0.5) is 0 Å². The minimum atomic E-state index is -0.200. The first kappa shape index (κ1) is 20.5. The number of nitrogens with zero attached hydrogens (tertiary/aromatic N) is 1. The van der Waals surface area contributed by atoms with Crippen LogP contribution in [0.15, 0.2) is 78.9 Å². The molecule has 0 bridgehead atoms. The lowest BCUT2D eigenvalue weighted by atomic mass is 9.92. The van der Waals surface area contributed by atoms with Crippen LogP contribution in [0.2, 0.25) is 0 Å². The van der Waals surface area contributed by atoms with E-state index in [0.29, 0.717) is 16.9 Å². The summed E-state index contributed by atoms with van der Waals surface area (Å²) >= 11 is 0. The fourth-order valence-electron chi connectivity index (χ4n) is 5.20. The van der Waals surface area contributed by atoms with Crippen molar-refractivity contribution in [3.63, 3.8) is 0 Å². The SMILES string of the molecule is COc1cccc(-c2c3c4c(cc(C)cc4n2-c2ccc4ccccc4c2)C=CC3=O)c1CO. The van der Waals surface area contributed by atoms with Gasteiger partial charge in [0.15, 0.2) is 5.78 Å². The van der Waals surface area contributed by atoms with E-state index >= 15 is 0 Å². The number of aryl methyl sites for hydroxylation is 1. The van der Waals surface area contributed by atoms with Gasteiger partial charge in [-0.15, -0.1) is 0 Å². The summed E-state index contributed by atoms with van der Waals surface area (Å²) in [4.78, 5) is 13.4. The van der Waals surface area contributed by atoms with E-state index in [1.54, 1.807) is 13.2 Å². The van der Waals surface area contributed by atoms with Crippen LogP contribution >= 0.6 is 0 Å². The van der Waals surface area contributed by atoms with Crippen molar-refractivity contribution in [2.45, 2.75) is 13.5 Å². The van der Waals surface area contributed by atoms with Gasteiger partial charge in [-0.25, -0.2) is 0 Å². The molecular weight excluding hydrogens is 422 g/mol. The number of aromatic nitrogens is 1. The summed E-state index contributed by atoms with van der Waals surface area (Å²) in [5.74, 6) is 0.556. The molecule has 6 rings (SSSR count). The average molecular weight is 446 g/mol. The third kappa shape index (κ3) is 2.93. The van der Waals surface area contributed by atoms with Crippen LogP contribution in [0, 0.1) is 6.92 Å². The molecule has 0 aliphatic heterocycles. The zero-order valence-corrected chi connectivity index (χ0v) is 19.0. The molecular formula is C30H23NO3. The summed E-state index contributed by atoms with van der Waals surface area (Å²) in [6, 6.07) is 24.5. The van der Waals surface area contributed by atoms with Crippen molar-refractivity contribution in [2.24, 2.45) is 0 Å². The van der Waals surface area contributed by atoms with Gasteiger partial charge in [0.05, 0.1) is 30.5 Å². The molecule has 4 aromatic carbocycles. The van der Waals surface area contributed by atoms with Crippen molar-refractivity contribution >= 4 is 33.5 Å². The first-order valence-electron chi connectivity index (χ1n) is 11.3. The number of benzene rings is 4. The van der Waals surface area contributed by atoms with Crippen LogP contribution in [0.1, 0.15) is 27.0 Å². The number of carbonyl (C=O) groups excluding carboxylic acids is 1. The minimum absolute atomic E-state index is 0.0393. The van der Waals surface area contributed by atoms with E-state index in [1.807, 2.05) is 36.4 Å². The van der Waals surface area contributed by atoms with Crippen molar-refractivity contribution in [3.8, 4) is 22.7 Å². The van der Waals surface area contributed by atoms with E-state index in [2.05, 4.69) is 54.0 Å². The molecule has 0 fully saturated rings. The molecule has 0 saturated carbocycles. The molecule has 5 aromatic rings. The van der Waals surface area contributed by atoms with Crippen molar-refractivity contribution in [3.05, 3.63) is 101 Å². The second kappa shape index (κ2) is 7.72. The topological polar surface area (TPSA) is 51.5 Å². The normalized spacial score (nSPS) is 12.6. The molecule has 0 atom stereocenters.